The zero-order chi connectivity index (χ0) is 15.8. The Morgan fingerprint density at radius 3 is 2.38 bits per heavy atom. The molecule has 116 valence electrons. The lowest BCUT2D eigenvalue weighted by Crippen LogP contribution is -2.41. The van der Waals surface area contributed by atoms with Crippen LogP contribution in [-0.4, -0.2) is 35.6 Å². The summed E-state index contributed by atoms with van der Waals surface area (Å²) in [6.07, 6.45) is 0.397. The highest BCUT2D eigenvalue weighted by molar-refractivity contribution is 5.74. The van der Waals surface area contributed by atoms with Crippen molar-refractivity contribution in [3.05, 3.63) is 35.9 Å². The second kappa shape index (κ2) is 8.29. The van der Waals surface area contributed by atoms with Crippen LogP contribution >= 0.6 is 0 Å². The predicted octanol–water partition coefficient (Wildman–Crippen LogP) is 2.89. The van der Waals surface area contributed by atoms with E-state index in [-0.39, 0.29) is 18.5 Å². The fourth-order valence-electron chi connectivity index (χ4n) is 2.17. The molecule has 21 heavy (non-hydrogen) atoms. The number of carboxylic acids is 1. The maximum Gasteiger partial charge on any atom is 0.317 e. The number of hydrogen-bond donors (Lipinski definition) is 2. The molecule has 1 unspecified atom stereocenters. The lowest BCUT2D eigenvalue weighted by molar-refractivity contribution is -0.137. The van der Waals surface area contributed by atoms with Gasteiger partial charge in [0.05, 0.1) is 6.04 Å². The van der Waals surface area contributed by atoms with Gasteiger partial charge in [-0.25, -0.2) is 4.79 Å². The topological polar surface area (TPSA) is 69.6 Å². The monoisotopic (exact) mass is 292 g/mol. The molecule has 1 aromatic carbocycles. The van der Waals surface area contributed by atoms with Crippen molar-refractivity contribution < 1.29 is 14.7 Å². The third-order valence-electron chi connectivity index (χ3n) is 3.13. The zero-order valence-corrected chi connectivity index (χ0v) is 12.9. The molecule has 2 amide bonds. The zero-order valence-electron chi connectivity index (χ0n) is 12.9. The summed E-state index contributed by atoms with van der Waals surface area (Å²) >= 11 is 0. The van der Waals surface area contributed by atoms with Crippen molar-refractivity contribution in [3.63, 3.8) is 0 Å². The van der Waals surface area contributed by atoms with Crippen molar-refractivity contribution in [3.8, 4) is 0 Å². The number of rotatable bonds is 7. The van der Waals surface area contributed by atoms with Crippen LogP contribution in [0.4, 0.5) is 4.79 Å². The molecule has 2 N–H and O–H groups in total. The first-order valence-corrected chi connectivity index (χ1v) is 7.18. The van der Waals surface area contributed by atoms with Crippen LogP contribution in [0.3, 0.4) is 0 Å². The number of benzene rings is 1. The van der Waals surface area contributed by atoms with E-state index in [4.69, 9.17) is 5.11 Å². The molecule has 1 aromatic rings. The molecule has 0 radical (unpaired) electrons. The van der Waals surface area contributed by atoms with E-state index in [0.717, 1.165) is 5.56 Å². The molecular weight excluding hydrogens is 268 g/mol. The fraction of sp³-hybridized carbons (Fsp3) is 0.500. The first kappa shape index (κ1) is 17.0. The second-order valence-corrected chi connectivity index (χ2v) is 5.62. The number of carbonyl (C=O) groups is 2. The third kappa shape index (κ3) is 6.29. The number of aliphatic carboxylic acids is 1. The molecule has 1 rings (SSSR count). The van der Waals surface area contributed by atoms with Gasteiger partial charge in [0.2, 0.25) is 0 Å². The molecular formula is C16H24N2O3. The molecule has 0 aliphatic heterocycles. The van der Waals surface area contributed by atoms with Gasteiger partial charge in [-0.05, 0) is 17.9 Å². The minimum absolute atomic E-state index is 0.0216. The molecule has 0 aromatic heterocycles. The largest absolute Gasteiger partial charge is 0.481 e. The molecule has 0 fully saturated rings. The average molecular weight is 292 g/mol. The SMILES string of the molecule is CC(C)CN(C)C(=O)NC(CCC(=O)O)c1ccccc1. The molecule has 1 atom stereocenters. The second-order valence-electron chi connectivity index (χ2n) is 5.62. The molecule has 0 aliphatic rings. The van der Waals surface area contributed by atoms with E-state index in [1.165, 1.54) is 0 Å². The average Bonchev–Trinajstić information content (AvgIpc) is 2.43. The van der Waals surface area contributed by atoms with Crippen molar-refractivity contribution in [1.82, 2.24) is 10.2 Å². The molecule has 0 saturated carbocycles. The van der Waals surface area contributed by atoms with Gasteiger partial charge in [-0.15, -0.1) is 0 Å². The summed E-state index contributed by atoms with van der Waals surface area (Å²) in [5.41, 5.74) is 0.921. The van der Waals surface area contributed by atoms with E-state index in [0.29, 0.717) is 18.9 Å². The molecule has 5 nitrogen and oxygen atoms in total. The van der Waals surface area contributed by atoms with E-state index in [1.54, 1.807) is 11.9 Å². The number of urea groups is 1. The Morgan fingerprint density at radius 2 is 1.86 bits per heavy atom. The minimum atomic E-state index is -0.860. The molecule has 0 spiro atoms. The van der Waals surface area contributed by atoms with Crippen molar-refractivity contribution in [2.75, 3.05) is 13.6 Å². The maximum absolute atomic E-state index is 12.2. The van der Waals surface area contributed by atoms with Crippen LogP contribution in [0.5, 0.6) is 0 Å². The van der Waals surface area contributed by atoms with Crippen molar-refractivity contribution in [2.24, 2.45) is 5.92 Å². The van der Waals surface area contributed by atoms with Crippen LogP contribution in [0.2, 0.25) is 0 Å². The van der Waals surface area contributed by atoms with Crippen molar-refractivity contribution in [1.29, 1.82) is 0 Å². The number of carboxylic acid groups (broad SMARTS) is 1. The van der Waals surface area contributed by atoms with Gasteiger partial charge in [0.25, 0.3) is 0 Å². The minimum Gasteiger partial charge on any atom is -0.481 e. The van der Waals surface area contributed by atoms with Crippen LogP contribution in [-0.2, 0) is 4.79 Å². The maximum atomic E-state index is 12.2. The molecule has 0 heterocycles. The van der Waals surface area contributed by atoms with Gasteiger partial charge in [-0.1, -0.05) is 44.2 Å². The highest BCUT2D eigenvalue weighted by Crippen LogP contribution is 2.18. The Bertz CT molecular complexity index is 460. The normalized spacial score (nSPS) is 12.0. The summed E-state index contributed by atoms with van der Waals surface area (Å²) in [5.74, 6) is -0.476. The quantitative estimate of drug-likeness (QED) is 0.812. The first-order chi connectivity index (χ1) is 9.90. The number of carbonyl (C=O) groups excluding carboxylic acids is 1. The van der Waals surface area contributed by atoms with E-state index in [9.17, 15) is 9.59 Å². The summed E-state index contributed by atoms with van der Waals surface area (Å²) in [6.45, 7) is 4.75. The van der Waals surface area contributed by atoms with Gasteiger partial charge in [0.15, 0.2) is 0 Å². The summed E-state index contributed by atoms with van der Waals surface area (Å²) in [7, 11) is 1.74. The smallest absolute Gasteiger partial charge is 0.317 e. The number of hydrogen-bond acceptors (Lipinski definition) is 2. The Labute approximate surface area is 126 Å². The summed E-state index contributed by atoms with van der Waals surface area (Å²) in [4.78, 5) is 24.6. The molecule has 5 heteroatoms. The highest BCUT2D eigenvalue weighted by atomic mass is 16.4. The van der Waals surface area contributed by atoms with Crippen LogP contribution in [0, 0.1) is 5.92 Å². The van der Waals surface area contributed by atoms with Gasteiger partial charge >= 0.3 is 12.0 Å². The Kier molecular flexibility index (Phi) is 6.72. The number of nitrogens with zero attached hydrogens (tertiary/aromatic N) is 1. The van der Waals surface area contributed by atoms with Crippen molar-refractivity contribution in [2.45, 2.75) is 32.7 Å². The number of nitrogens with one attached hydrogen (secondary N) is 1. The molecule has 0 aliphatic carbocycles. The van der Waals surface area contributed by atoms with Gasteiger partial charge in [0, 0.05) is 20.0 Å². The highest BCUT2D eigenvalue weighted by Gasteiger charge is 2.18. The fourth-order valence-corrected chi connectivity index (χ4v) is 2.17. The van der Waals surface area contributed by atoms with Crippen LogP contribution < -0.4 is 5.32 Å². The van der Waals surface area contributed by atoms with Gasteiger partial charge in [0.1, 0.15) is 0 Å². The van der Waals surface area contributed by atoms with E-state index >= 15 is 0 Å². The lowest BCUT2D eigenvalue weighted by atomic mass is 10.0. The lowest BCUT2D eigenvalue weighted by Gasteiger charge is -2.24. The number of amides is 2. The van der Waals surface area contributed by atoms with E-state index in [2.05, 4.69) is 5.32 Å². The molecule has 0 saturated heterocycles. The standard InChI is InChI=1S/C16H24N2O3/c1-12(2)11-18(3)16(21)17-14(9-10-15(19)20)13-7-5-4-6-8-13/h4-8,12,14H,9-11H2,1-3H3,(H,17,21)(H,19,20). The Morgan fingerprint density at radius 1 is 1.24 bits per heavy atom. The van der Waals surface area contributed by atoms with E-state index in [1.807, 2.05) is 44.2 Å². The van der Waals surface area contributed by atoms with Crippen molar-refractivity contribution >= 4 is 12.0 Å². The Hall–Kier alpha value is -2.04. The van der Waals surface area contributed by atoms with Gasteiger partial charge in [-0.2, -0.15) is 0 Å². The summed E-state index contributed by atoms with van der Waals surface area (Å²) in [5, 5.41) is 11.8. The van der Waals surface area contributed by atoms with Crippen LogP contribution in [0.15, 0.2) is 30.3 Å². The Balaban J connectivity index is 2.73. The summed E-state index contributed by atoms with van der Waals surface area (Å²) in [6, 6.07) is 8.99. The van der Waals surface area contributed by atoms with Gasteiger partial charge in [-0.3, -0.25) is 4.79 Å². The van der Waals surface area contributed by atoms with Crippen LogP contribution in [0.1, 0.15) is 38.3 Å². The van der Waals surface area contributed by atoms with E-state index < -0.39 is 5.97 Å². The first-order valence-electron chi connectivity index (χ1n) is 7.18. The van der Waals surface area contributed by atoms with Gasteiger partial charge < -0.3 is 15.3 Å². The predicted molar refractivity (Wildman–Crippen MR) is 82.1 cm³/mol. The van der Waals surface area contributed by atoms with Crippen LogP contribution in [0.25, 0.3) is 0 Å². The summed E-state index contributed by atoms with van der Waals surface area (Å²) < 4.78 is 0. The molecule has 0 bridgehead atoms. The third-order valence-corrected chi connectivity index (χ3v) is 3.13.